The summed E-state index contributed by atoms with van der Waals surface area (Å²) in [6.45, 7) is 5.55. The van der Waals surface area contributed by atoms with Gasteiger partial charge in [0, 0.05) is 11.6 Å². The average molecular weight is 459 g/mol. The first-order valence-electron chi connectivity index (χ1n) is 9.75. The number of carbonyl (C=O) groups excluding carboxylic acids is 3. The minimum absolute atomic E-state index is 0.290. The van der Waals surface area contributed by atoms with Crippen molar-refractivity contribution in [2.24, 2.45) is 11.3 Å². The van der Waals surface area contributed by atoms with Gasteiger partial charge in [-0.2, -0.15) is 0 Å². The molecule has 30 heavy (non-hydrogen) atoms. The summed E-state index contributed by atoms with van der Waals surface area (Å²) in [6, 6.07) is 3.12. The van der Waals surface area contributed by atoms with Crippen LogP contribution in [0.1, 0.15) is 40.0 Å². The Balaban J connectivity index is 2.17. The van der Waals surface area contributed by atoms with Gasteiger partial charge in [0.25, 0.3) is 5.91 Å². The Hall–Kier alpha value is -2.03. The lowest BCUT2D eigenvalue weighted by Gasteiger charge is -2.37. The largest absolute Gasteiger partial charge is 0.331 e. The van der Waals surface area contributed by atoms with E-state index < -0.39 is 29.3 Å². The molecule has 0 aliphatic heterocycles. The summed E-state index contributed by atoms with van der Waals surface area (Å²) < 4.78 is 0. The van der Waals surface area contributed by atoms with Gasteiger partial charge in [0.1, 0.15) is 12.6 Å². The topological polar surface area (TPSA) is 111 Å². The molecule has 0 heterocycles. The fraction of sp³-hybridized carbons (Fsp3) is 0.550. The first kappa shape index (κ1) is 24.2. The van der Waals surface area contributed by atoms with Crippen LogP contribution in [-0.2, 0) is 9.59 Å². The molecule has 0 radical (unpaired) electrons. The zero-order valence-corrected chi connectivity index (χ0v) is 18.8. The predicted octanol–water partition coefficient (Wildman–Crippen LogP) is 3.66. The third-order valence-corrected chi connectivity index (χ3v) is 5.60. The van der Waals surface area contributed by atoms with Crippen molar-refractivity contribution in [1.29, 1.82) is 0 Å². The summed E-state index contributed by atoms with van der Waals surface area (Å²) in [4.78, 5) is 39.0. The van der Waals surface area contributed by atoms with Gasteiger partial charge in [-0.15, -0.1) is 0 Å². The predicted molar refractivity (Wildman–Crippen MR) is 116 cm³/mol. The molecule has 1 atom stereocenters. The van der Waals surface area contributed by atoms with Crippen LogP contribution in [0, 0.1) is 11.3 Å². The molecular weight excluding hydrogens is 431 g/mol. The number of hydrogen-bond acceptors (Lipinski definition) is 4. The van der Waals surface area contributed by atoms with Crippen LogP contribution in [0.3, 0.4) is 0 Å². The molecular formula is C20H28Cl2N4O4. The number of rotatable bonds is 7. The zero-order chi connectivity index (χ0) is 22.5. The molecule has 10 heteroatoms. The zero-order valence-electron chi connectivity index (χ0n) is 17.3. The standard InChI is InChI=1S/C20H28Cl2N4O4/c1-20(2,3)17(24-19(29)23-15-9-13(21)7-8-14(15)22)18(28)26(11-16(27)25-30)10-12-5-4-6-12/h7-9,12,17,30H,4-6,10-11H2,1-3H3,(H,25,27)(H2,23,24,29)/t17-/m1/s1. The van der Waals surface area contributed by atoms with Crippen LogP contribution in [0.2, 0.25) is 10.0 Å². The van der Waals surface area contributed by atoms with E-state index in [-0.39, 0.29) is 6.54 Å². The Labute approximate surface area is 186 Å². The molecule has 1 aliphatic carbocycles. The smallest absolute Gasteiger partial charge is 0.319 e. The van der Waals surface area contributed by atoms with Crippen molar-refractivity contribution in [3.8, 4) is 0 Å². The number of benzene rings is 1. The number of nitrogens with zero attached hydrogens (tertiary/aromatic N) is 1. The summed E-state index contributed by atoms with van der Waals surface area (Å²) in [7, 11) is 0. The number of hydroxylamine groups is 1. The van der Waals surface area contributed by atoms with E-state index in [1.165, 1.54) is 11.0 Å². The van der Waals surface area contributed by atoms with Gasteiger partial charge >= 0.3 is 6.03 Å². The molecule has 4 amide bonds. The highest BCUT2D eigenvalue weighted by Gasteiger charge is 2.37. The molecule has 0 unspecified atom stereocenters. The van der Waals surface area contributed by atoms with Gasteiger partial charge in [0.2, 0.25) is 5.91 Å². The van der Waals surface area contributed by atoms with E-state index in [4.69, 9.17) is 28.4 Å². The van der Waals surface area contributed by atoms with Crippen LogP contribution in [0.5, 0.6) is 0 Å². The minimum Gasteiger partial charge on any atom is -0.331 e. The second-order valence-corrected chi connectivity index (χ2v) is 9.42. The third kappa shape index (κ3) is 6.75. The van der Waals surface area contributed by atoms with Crippen LogP contribution in [0.15, 0.2) is 18.2 Å². The lowest BCUT2D eigenvalue weighted by Crippen LogP contribution is -2.57. The summed E-state index contributed by atoms with van der Waals surface area (Å²) in [5.74, 6) is -0.781. The number of nitrogens with one attached hydrogen (secondary N) is 3. The van der Waals surface area contributed by atoms with Crippen molar-refractivity contribution in [1.82, 2.24) is 15.7 Å². The summed E-state index contributed by atoms with van der Waals surface area (Å²) in [6.07, 6.45) is 3.04. The Kier molecular flexibility index (Phi) is 8.34. The fourth-order valence-electron chi connectivity index (χ4n) is 3.14. The van der Waals surface area contributed by atoms with E-state index in [9.17, 15) is 14.4 Å². The highest BCUT2D eigenvalue weighted by molar-refractivity contribution is 6.35. The molecule has 0 bridgehead atoms. The summed E-state index contributed by atoms with van der Waals surface area (Å²) in [5, 5.41) is 14.9. The van der Waals surface area contributed by atoms with Crippen LogP contribution in [0.4, 0.5) is 10.5 Å². The lowest BCUT2D eigenvalue weighted by atomic mass is 9.83. The van der Waals surface area contributed by atoms with Crippen molar-refractivity contribution in [3.05, 3.63) is 28.2 Å². The van der Waals surface area contributed by atoms with Crippen molar-refractivity contribution >= 4 is 46.7 Å². The van der Waals surface area contributed by atoms with Crippen molar-refractivity contribution in [2.45, 2.75) is 46.1 Å². The second-order valence-electron chi connectivity index (χ2n) is 8.57. The van der Waals surface area contributed by atoms with E-state index in [0.29, 0.717) is 28.2 Å². The van der Waals surface area contributed by atoms with Crippen LogP contribution >= 0.6 is 23.2 Å². The Morgan fingerprint density at radius 3 is 2.43 bits per heavy atom. The van der Waals surface area contributed by atoms with E-state index in [1.54, 1.807) is 17.6 Å². The van der Waals surface area contributed by atoms with Crippen molar-refractivity contribution < 1.29 is 19.6 Å². The monoisotopic (exact) mass is 458 g/mol. The van der Waals surface area contributed by atoms with Crippen LogP contribution < -0.4 is 16.1 Å². The molecule has 0 aromatic heterocycles. The SMILES string of the molecule is CC(C)(C)[C@H](NC(=O)Nc1cc(Cl)ccc1Cl)C(=O)N(CC(=O)NO)CC1CCC1. The van der Waals surface area contributed by atoms with E-state index in [0.717, 1.165) is 19.3 Å². The number of amides is 4. The number of halogens is 2. The summed E-state index contributed by atoms with van der Waals surface area (Å²) >= 11 is 12.0. The maximum Gasteiger partial charge on any atom is 0.319 e. The van der Waals surface area contributed by atoms with Gasteiger partial charge in [-0.25, -0.2) is 10.3 Å². The molecule has 2 rings (SSSR count). The number of carbonyl (C=O) groups is 3. The average Bonchev–Trinajstić information content (AvgIpc) is 2.62. The molecule has 4 N–H and O–H groups in total. The number of anilines is 1. The highest BCUT2D eigenvalue weighted by atomic mass is 35.5. The molecule has 0 spiro atoms. The molecule has 166 valence electrons. The van der Waals surface area contributed by atoms with Gasteiger partial charge in [-0.3, -0.25) is 14.8 Å². The maximum atomic E-state index is 13.3. The van der Waals surface area contributed by atoms with Gasteiger partial charge in [0.15, 0.2) is 0 Å². The molecule has 1 aliphatic rings. The maximum absolute atomic E-state index is 13.3. The van der Waals surface area contributed by atoms with Gasteiger partial charge < -0.3 is 15.5 Å². The molecule has 1 aromatic rings. The van der Waals surface area contributed by atoms with Crippen molar-refractivity contribution in [2.75, 3.05) is 18.4 Å². The lowest BCUT2D eigenvalue weighted by molar-refractivity contribution is -0.143. The van der Waals surface area contributed by atoms with Gasteiger partial charge in [0.05, 0.1) is 10.7 Å². The Morgan fingerprint density at radius 1 is 1.23 bits per heavy atom. The molecule has 1 fully saturated rings. The number of hydrogen-bond donors (Lipinski definition) is 4. The van der Waals surface area contributed by atoms with E-state index >= 15 is 0 Å². The normalized spacial score (nSPS) is 15.0. The first-order chi connectivity index (χ1) is 14.0. The Bertz CT molecular complexity index is 794. The number of urea groups is 1. The highest BCUT2D eigenvalue weighted by Crippen LogP contribution is 2.29. The third-order valence-electron chi connectivity index (χ3n) is 5.04. The minimum atomic E-state index is -0.915. The van der Waals surface area contributed by atoms with Crippen LogP contribution in [-0.4, -0.2) is 47.1 Å². The molecule has 8 nitrogen and oxygen atoms in total. The van der Waals surface area contributed by atoms with Crippen LogP contribution in [0.25, 0.3) is 0 Å². The molecule has 1 aromatic carbocycles. The Morgan fingerprint density at radius 2 is 1.90 bits per heavy atom. The quantitative estimate of drug-likeness (QED) is 0.368. The summed E-state index contributed by atoms with van der Waals surface area (Å²) in [5.41, 5.74) is 1.24. The molecule has 0 saturated heterocycles. The fourth-order valence-corrected chi connectivity index (χ4v) is 3.48. The van der Waals surface area contributed by atoms with Gasteiger partial charge in [-0.1, -0.05) is 50.4 Å². The van der Waals surface area contributed by atoms with Crippen molar-refractivity contribution in [3.63, 3.8) is 0 Å². The first-order valence-corrected chi connectivity index (χ1v) is 10.5. The van der Waals surface area contributed by atoms with E-state index in [1.807, 2.05) is 20.8 Å². The second kappa shape index (κ2) is 10.3. The molecule has 1 saturated carbocycles. The van der Waals surface area contributed by atoms with E-state index in [2.05, 4.69) is 10.6 Å². The van der Waals surface area contributed by atoms with Gasteiger partial charge in [-0.05, 0) is 42.4 Å².